The summed E-state index contributed by atoms with van der Waals surface area (Å²) in [6.07, 6.45) is 7.46. The molecule has 1 aromatic carbocycles. The number of hydrogen-bond donors (Lipinski definition) is 3. The summed E-state index contributed by atoms with van der Waals surface area (Å²) in [5, 5.41) is 6.77. The summed E-state index contributed by atoms with van der Waals surface area (Å²) >= 11 is 0. The third-order valence-corrected chi connectivity index (χ3v) is 6.25. The molecule has 4 rings (SSSR count). The number of piperidine rings is 1. The van der Waals surface area contributed by atoms with Crippen molar-refractivity contribution in [2.45, 2.75) is 38.8 Å². The number of hydrazine groups is 1. The Kier molecular flexibility index (Phi) is 7.53. The topological polar surface area (TPSA) is 106 Å². The van der Waals surface area contributed by atoms with Gasteiger partial charge in [0, 0.05) is 67.5 Å². The first-order valence-electron chi connectivity index (χ1n) is 12.0. The molecule has 3 aromatic rings. The lowest BCUT2D eigenvalue weighted by atomic mass is 10.1. The van der Waals surface area contributed by atoms with Crippen LogP contribution in [0, 0.1) is 0 Å². The highest BCUT2D eigenvalue weighted by molar-refractivity contribution is 5.88. The second-order valence-corrected chi connectivity index (χ2v) is 9.31. The smallest absolute Gasteiger partial charge is 0.214 e. The molecule has 1 saturated heterocycles. The summed E-state index contributed by atoms with van der Waals surface area (Å²) in [4.78, 5) is 11.4. The zero-order valence-electron chi connectivity index (χ0n) is 20.7. The van der Waals surface area contributed by atoms with Crippen LogP contribution < -0.4 is 21.6 Å². The zero-order chi connectivity index (χ0) is 24.9. The Bertz CT molecular complexity index is 1210. The number of fused-ring (bicyclic) bond motifs is 1. The van der Waals surface area contributed by atoms with Crippen LogP contribution in [0.3, 0.4) is 0 Å². The van der Waals surface area contributed by atoms with Gasteiger partial charge in [-0.3, -0.25) is 0 Å². The number of rotatable bonds is 8. The Morgan fingerprint density at radius 2 is 1.91 bits per heavy atom. The summed E-state index contributed by atoms with van der Waals surface area (Å²) < 4.78 is 6.19. The van der Waals surface area contributed by atoms with Gasteiger partial charge in [0.15, 0.2) is 0 Å². The second kappa shape index (κ2) is 10.8. The third-order valence-electron chi connectivity index (χ3n) is 6.25. The number of likely N-dealkylation sites (tertiary alicyclic amines) is 1. The monoisotopic (exact) mass is 473 g/mol. The maximum absolute atomic E-state index is 6.19. The number of anilines is 1. The van der Waals surface area contributed by atoms with E-state index in [0.29, 0.717) is 23.4 Å². The molecular formula is C27H35N7O. The van der Waals surface area contributed by atoms with Gasteiger partial charge in [-0.2, -0.15) is 0 Å². The van der Waals surface area contributed by atoms with Gasteiger partial charge in [-0.25, -0.2) is 15.8 Å². The molecule has 0 unspecified atom stereocenters. The number of nitrogens with two attached hydrogens (primary N) is 2. The Morgan fingerprint density at radius 1 is 1.14 bits per heavy atom. The number of ether oxygens (including phenoxy) is 1. The molecule has 0 radical (unpaired) electrons. The van der Waals surface area contributed by atoms with Crippen molar-refractivity contribution in [3.8, 4) is 5.88 Å². The van der Waals surface area contributed by atoms with Crippen LogP contribution in [-0.2, 0) is 0 Å². The largest absolute Gasteiger partial charge is 0.474 e. The molecule has 3 heterocycles. The van der Waals surface area contributed by atoms with Gasteiger partial charge in [-0.05, 0) is 55.8 Å². The van der Waals surface area contributed by atoms with Crippen LogP contribution in [0.15, 0.2) is 61.6 Å². The molecule has 0 saturated carbocycles. The number of nitrogens with one attached hydrogen (secondary N) is 1. The summed E-state index contributed by atoms with van der Waals surface area (Å²) in [5.74, 6) is 7.00. The number of aromatic nitrogens is 2. The summed E-state index contributed by atoms with van der Waals surface area (Å²) in [6.45, 7) is 10.8. The maximum Gasteiger partial charge on any atom is 0.214 e. The van der Waals surface area contributed by atoms with E-state index in [1.54, 1.807) is 19.4 Å². The van der Waals surface area contributed by atoms with Gasteiger partial charge in [-0.1, -0.05) is 18.7 Å². The van der Waals surface area contributed by atoms with Crippen LogP contribution in [0.5, 0.6) is 5.88 Å². The van der Waals surface area contributed by atoms with E-state index in [1.165, 1.54) is 5.01 Å². The van der Waals surface area contributed by atoms with Gasteiger partial charge < -0.3 is 25.7 Å². The first kappa shape index (κ1) is 24.5. The minimum Gasteiger partial charge on any atom is -0.474 e. The fourth-order valence-electron chi connectivity index (χ4n) is 4.25. The van der Waals surface area contributed by atoms with E-state index in [4.69, 9.17) is 16.3 Å². The summed E-state index contributed by atoms with van der Waals surface area (Å²) in [5.41, 5.74) is 9.26. The third kappa shape index (κ3) is 6.29. The maximum atomic E-state index is 6.19. The van der Waals surface area contributed by atoms with Crippen LogP contribution in [0.4, 0.5) is 5.82 Å². The molecule has 0 bridgehead atoms. The van der Waals surface area contributed by atoms with Gasteiger partial charge in [0.05, 0.1) is 5.70 Å². The fraction of sp³-hybridized carbons (Fsp3) is 0.333. The van der Waals surface area contributed by atoms with Crippen LogP contribution in [0.2, 0.25) is 0 Å². The van der Waals surface area contributed by atoms with E-state index in [2.05, 4.69) is 40.6 Å². The molecule has 5 N–H and O–H groups in total. The Morgan fingerprint density at radius 3 is 2.63 bits per heavy atom. The van der Waals surface area contributed by atoms with Crippen molar-refractivity contribution in [1.29, 1.82) is 0 Å². The number of pyridine rings is 2. The van der Waals surface area contributed by atoms with Crippen molar-refractivity contribution in [1.82, 2.24) is 19.9 Å². The normalized spacial score (nSPS) is 15.4. The van der Waals surface area contributed by atoms with Crippen molar-refractivity contribution in [2.24, 2.45) is 11.6 Å². The zero-order valence-corrected chi connectivity index (χ0v) is 20.7. The molecule has 0 spiro atoms. The highest BCUT2D eigenvalue weighted by Gasteiger charge is 2.22. The highest BCUT2D eigenvalue weighted by Crippen LogP contribution is 2.25. The van der Waals surface area contributed by atoms with Gasteiger partial charge in [0.1, 0.15) is 11.9 Å². The van der Waals surface area contributed by atoms with Gasteiger partial charge in [0.25, 0.3) is 0 Å². The Labute approximate surface area is 207 Å². The number of nitrogens with zero attached hydrogens (tertiary/aromatic N) is 4. The molecule has 8 heteroatoms. The van der Waals surface area contributed by atoms with E-state index >= 15 is 0 Å². The molecule has 1 aliphatic rings. The predicted molar refractivity (Wildman–Crippen MR) is 143 cm³/mol. The van der Waals surface area contributed by atoms with Crippen LogP contribution in [0.25, 0.3) is 22.2 Å². The second-order valence-electron chi connectivity index (χ2n) is 9.31. The van der Waals surface area contributed by atoms with E-state index in [9.17, 15) is 0 Å². The Balaban J connectivity index is 1.44. The molecule has 1 aliphatic heterocycles. The molecule has 35 heavy (non-hydrogen) atoms. The molecular weight excluding hydrogens is 438 g/mol. The predicted octanol–water partition coefficient (Wildman–Crippen LogP) is 4.03. The van der Waals surface area contributed by atoms with Crippen molar-refractivity contribution in [3.63, 3.8) is 0 Å². The van der Waals surface area contributed by atoms with E-state index in [1.807, 2.05) is 42.6 Å². The number of benzene rings is 1. The minimum absolute atomic E-state index is 0.186. The van der Waals surface area contributed by atoms with Crippen LogP contribution in [0.1, 0.15) is 37.8 Å². The lowest BCUT2D eigenvalue weighted by molar-refractivity contribution is 0.0812. The highest BCUT2D eigenvalue weighted by atomic mass is 16.5. The molecule has 184 valence electrons. The van der Waals surface area contributed by atoms with Crippen LogP contribution >= 0.6 is 0 Å². The van der Waals surface area contributed by atoms with Crippen LogP contribution in [-0.4, -0.2) is 52.2 Å². The summed E-state index contributed by atoms with van der Waals surface area (Å²) in [7, 11) is 1.73. The molecule has 8 nitrogen and oxygen atoms in total. The molecule has 0 atom stereocenters. The van der Waals surface area contributed by atoms with Crippen molar-refractivity contribution in [2.75, 3.05) is 25.5 Å². The summed E-state index contributed by atoms with van der Waals surface area (Å²) in [6, 6.07) is 12.4. The molecule has 1 fully saturated rings. The van der Waals surface area contributed by atoms with Crippen molar-refractivity contribution in [3.05, 3.63) is 72.7 Å². The average Bonchev–Trinajstić information content (AvgIpc) is 2.83. The fourth-order valence-corrected chi connectivity index (χ4v) is 4.25. The molecule has 0 aliphatic carbocycles. The average molecular weight is 474 g/mol. The van der Waals surface area contributed by atoms with Gasteiger partial charge in [0.2, 0.25) is 5.88 Å². The van der Waals surface area contributed by atoms with Crippen molar-refractivity contribution < 1.29 is 4.74 Å². The first-order valence-corrected chi connectivity index (χ1v) is 12.0. The van der Waals surface area contributed by atoms with Crippen molar-refractivity contribution >= 4 is 28.0 Å². The molecule has 2 aromatic heterocycles. The minimum atomic E-state index is 0.186. The lowest BCUT2D eigenvalue weighted by Gasteiger charge is -2.34. The quantitative estimate of drug-likeness (QED) is 0.333. The van der Waals surface area contributed by atoms with E-state index < -0.39 is 0 Å². The Hall–Kier alpha value is -3.62. The van der Waals surface area contributed by atoms with E-state index in [-0.39, 0.29) is 6.10 Å². The SMILES string of the molecule is C=C(Nc1cc2cc(/C(N)=C/N(C)N)ccc2cn1)c1ccnc(OC2CCN(C(C)C)CC2)c1. The van der Waals surface area contributed by atoms with E-state index in [0.717, 1.165) is 53.5 Å². The standard InChI is InChI=1S/C27H35N7O/c1-18(2)34-11-8-24(9-12-34)35-27-15-20(7-10-30-27)19(3)32-26-14-23-13-21(25(28)17-33(4)29)5-6-22(23)16-31-26/h5-7,10,13-18,24H,3,8-9,11-12,28-29H2,1-2,4H3,(H,31,32)/b25-17-. The van der Waals surface area contributed by atoms with Gasteiger partial charge >= 0.3 is 0 Å². The first-order chi connectivity index (χ1) is 16.8. The lowest BCUT2D eigenvalue weighted by Crippen LogP contribution is -2.41. The van der Waals surface area contributed by atoms with Gasteiger partial charge in [-0.15, -0.1) is 0 Å². The molecule has 0 amide bonds. The number of hydrogen-bond acceptors (Lipinski definition) is 8.